The fourth-order valence-electron chi connectivity index (χ4n) is 1.82. The summed E-state index contributed by atoms with van der Waals surface area (Å²) >= 11 is 5.93. The molecule has 1 heterocycles. The number of nitrogens with zero attached hydrogens (tertiary/aromatic N) is 1. The van der Waals surface area contributed by atoms with Crippen LogP contribution in [0.1, 0.15) is 43.5 Å². The van der Waals surface area contributed by atoms with E-state index in [4.69, 9.17) is 16.0 Å². The van der Waals surface area contributed by atoms with Gasteiger partial charge in [-0.1, -0.05) is 37.6 Å². The lowest BCUT2D eigenvalue weighted by Gasteiger charge is -2.01. The van der Waals surface area contributed by atoms with Gasteiger partial charge in [-0.05, 0) is 25.3 Å². The van der Waals surface area contributed by atoms with E-state index in [1.165, 1.54) is 18.4 Å². The Hall–Kier alpha value is -1.28. The Morgan fingerprint density at radius 1 is 1.28 bits per heavy atom. The summed E-state index contributed by atoms with van der Waals surface area (Å²) in [5.74, 6) is 1.35. The molecule has 1 aromatic heterocycles. The second-order valence-electron chi connectivity index (χ2n) is 4.48. The van der Waals surface area contributed by atoms with Crippen LogP contribution in [0.3, 0.4) is 0 Å². The minimum absolute atomic E-state index is 0.192. The smallest absolute Gasteiger partial charge is 0.212 e. The lowest BCUT2D eigenvalue weighted by atomic mass is 10.1. The molecular formula is C15H18ClNO. The van der Waals surface area contributed by atoms with Gasteiger partial charge in [-0.3, -0.25) is 0 Å². The second-order valence-corrected chi connectivity index (χ2v) is 5.13. The molecule has 0 aliphatic rings. The molecule has 0 spiro atoms. The molecular weight excluding hydrogens is 246 g/mol. The number of oxazole rings is 1. The van der Waals surface area contributed by atoms with Crippen molar-refractivity contribution in [3.63, 3.8) is 0 Å². The van der Waals surface area contributed by atoms with Gasteiger partial charge in [0, 0.05) is 5.56 Å². The first-order chi connectivity index (χ1) is 8.70. The Balaban J connectivity index is 2.12. The summed E-state index contributed by atoms with van der Waals surface area (Å²) in [5, 5.41) is -0.192. The monoisotopic (exact) mass is 263 g/mol. The number of hydrogen-bond donors (Lipinski definition) is 0. The summed E-state index contributed by atoms with van der Waals surface area (Å²) in [4.78, 5) is 4.17. The van der Waals surface area contributed by atoms with Gasteiger partial charge in [-0.2, -0.15) is 0 Å². The highest BCUT2D eigenvalue weighted by molar-refractivity contribution is 6.20. The third-order valence-electron chi connectivity index (χ3n) is 2.92. The number of benzene rings is 1. The van der Waals surface area contributed by atoms with Gasteiger partial charge in [0.15, 0.2) is 5.76 Å². The van der Waals surface area contributed by atoms with E-state index in [0.29, 0.717) is 5.89 Å². The molecule has 0 bridgehead atoms. The van der Waals surface area contributed by atoms with Gasteiger partial charge in [-0.25, -0.2) is 4.98 Å². The minimum Gasteiger partial charge on any atom is -0.439 e. The molecule has 0 N–H and O–H groups in total. The molecule has 0 saturated heterocycles. The van der Waals surface area contributed by atoms with Crippen molar-refractivity contribution in [2.75, 3.05) is 0 Å². The van der Waals surface area contributed by atoms with Gasteiger partial charge < -0.3 is 4.42 Å². The topological polar surface area (TPSA) is 26.0 Å². The maximum Gasteiger partial charge on any atom is 0.212 e. The van der Waals surface area contributed by atoms with Gasteiger partial charge in [-0.15, -0.1) is 11.6 Å². The first kappa shape index (κ1) is 13.2. The highest BCUT2D eigenvalue weighted by atomic mass is 35.5. The summed E-state index contributed by atoms with van der Waals surface area (Å²) in [6.45, 7) is 4.06. The van der Waals surface area contributed by atoms with E-state index in [-0.39, 0.29) is 5.38 Å². The fraction of sp³-hybridized carbons (Fsp3) is 0.400. The molecule has 2 rings (SSSR count). The van der Waals surface area contributed by atoms with E-state index in [0.717, 1.165) is 17.7 Å². The van der Waals surface area contributed by atoms with Crippen LogP contribution in [0.4, 0.5) is 0 Å². The highest BCUT2D eigenvalue weighted by Crippen LogP contribution is 2.25. The maximum atomic E-state index is 5.93. The van der Waals surface area contributed by atoms with Gasteiger partial charge in [0.2, 0.25) is 5.89 Å². The summed E-state index contributed by atoms with van der Waals surface area (Å²) in [6.07, 6.45) is 5.32. The number of unbranched alkanes of at least 4 members (excludes halogenated alkanes) is 1. The molecule has 2 nitrogen and oxygen atoms in total. The lowest BCUT2D eigenvalue weighted by molar-refractivity contribution is 0.508. The van der Waals surface area contributed by atoms with Crippen LogP contribution in [0.2, 0.25) is 0 Å². The van der Waals surface area contributed by atoms with Gasteiger partial charge in [0.05, 0.1) is 6.20 Å². The number of aromatic nitrogens is 1. The number of aryl methyl sites for hydroxylation is 1. The van der Waals surface area contributed by atoms with E-state index in [9.17, 15) is 0 Å². The molecule has 0 fully saturated rings. The zero-order valence-electron chi connectivity index (χ0n) is 10.8. The molecule has 2 aromatic rings. The Labute approximate surface area is 113 Å². The number of alkyl halides is 1. The van der Waals surface area contributed by atoms with Crippen molar-refractivity contribution < 1.29 is 4.42 Å². The zero-order chi connectivity index (χ0) is 13.0. The minimum atomic E-state index is -0.192. The average Bonchev–Trinajstić information content (AvgIpc) is 2.87. The predicted molar refractivity (Wildman–Crippen MR) is 74.8 cm³/mol. The molecule has 0 radical (unpaired) electrons. The summed E-state index contributed by atoms with van der Waals surface area (Å²) in [6, 6.07) is 8.46. The van der Waals surface area contributed by atoms with E-state index < -0.39 is 0 Å². The third kappa shape index (κ3) is 3.14. The van der Waals surface area contributed by atoms with E-state index >= 15 is 0 Å². The molecule has 0 unspecified atom stereocenters. The van der Waals surface area contributed by atoms with Gasteiger partial charge >= 0.3 is 0 Å². The average molecular weight is 264 g/mol. The normalized spacial score (nSPS) is 12.6. The van der Waals surface area contributed by atoms with Crippen molar-refractivity contribution in [3.05, 3.63) is 41.9 Å². The SMILES string of the molecule is CCCCc1ccc(-c2cnc([C@H](C)Cl)o2)cc1. The molecule has 3 heteroatoms. The summed E-state index contributed by atoms with van der Waals surface area (Å²) < 4.78 is 5.61. The highest BCUT2D eigenvalue weighted by Gasteiger charge is 2.10. The number of rotatable bonds is 5. The quantitative estimate of drug-likeness (QED) is 0.711. The fourth-order valence-corrected chi connectivity index (χ4v) is 1.92. The zero-order valence-corrected chi connectivity index (χ0v) is 11.6. The first-order valence-corrected chi connectivity index (χ1v) is 6.83. The molecule has 18 heavy (non-hydrogen) atoms. The lowest BCUT2D eigenvalue weighted by Crippen LogP contribution is -1.84. The van der Waals surface area contributed by atoms with Crippen molar-refractivity contribution in [3.8, 4) is 11.3 Å². The predicted octanol–water partition coefficient (Wildman–Crippen LogP) is 4.98. The summed E-state index contributed by atoms with van der Waals surface area (Å²) in [5.41, 5.74) is 2.41. The maximum absolute atomic E-state index is 5.93. The molecule has 0 saturated carbocycles. The third-order valence-corrected chi connectivity index (χ3v) is 3.11. The Bertz CT molecular complexity index is 487. The van der Waals surface area contributed by atoms with E-state index in [1.54, 1.807) is 6.20 Å². The Morgan fingerprint density at radius 2 is 2.00 bits per heavy atom. The van der Waals surface area contributed by atoms with E-state index in [2.05, 4.69) is 36.2 Å². The number of halogens is 1. The van der Waals surface area contributed by atoms with Crippen LogP contribution in [0.15, 0.2) is 34.9 Å². The van der Waals surface area contributed by atoms with Crippen LogP contribution in [0.5, 0.6) is 0 Å². The first-order valence-electron chi connectivity index (χ1n) is 6.39. The van der Waals surface area contributed by atoms with Crippen molar-refractivity contribution in [2.24, 2.45) is 0 Å². The summed E-state index contributed by atoms with van der Waals surface area (Å²) in [7, 11) is 0. The van der Waals surface area contributed by atoms with Crippen molar-refractivity contribution >= 4 is 11.6 Å². The van der Waals surface area contributed by atoms with Crippen LogP contribution in [-0.2, 0) is 6.42 Å². The molecule has 0 amide bonds. The van der Waals surface area contributed by atoms with Crippen LogP contribution in [0, 0.1) is 0 Å². The van der Waals surface area contributed by atoms with Crippen molar-refractivity contribution in [1.82, 2.24) is 4.98 Å². The van der Waals surface area contributed by atoms with Gasteiger partial charge in [0.25, 0.3) is 0 Å². The Kier molecular flexibility index (Phi) is 4.43. The Morgan fingerprint density at radius 3 is 2.56 bits per heavy atom. The number of hydrogen-bond acceptors (Lipinski definition) is 2. The largest absolute Gasteiger partial charge is 0.439 e. The van der Waals surface area contributed by atoms with Crippen LogP contribution >= 0.6 is 11.6 Å². The standard InChI is InChI=1S/C15H18ClNO/c1-3-4-5-12-6-8-13(9-7-12)14-10-17-15(18-14)11(2)16/h6-11H,3-5H2,1-2H3/t11-/m0/s1. The van der Waals surface area contributed by atoms with Crippen molar-refractivity contribution in [2.45, 2.75) is 38.5 Å². The molecule has 96 valence electrons. The van der Waals surface area contributed by atoms with E-state index in [1.807, 2.05) is 6.92 Å². The molecule has 1 atom stereocenters. The van der Waals surface area contributed by atoms with Crippen molar-refractivity contribution in [1.29, 1.82) is 0 Å². The molecule has 1 aromatic carbocycles. The second kappa shape index (κ2) is 6.05. The van der Waals surface area contributed by atoms with Crippen LogP contribution in [-0.4, -0.2) is 4.98 Å². The van der Waals surface area contributed by atoms with Crippen LogP contribution < -0.4 is 0 Å². The van der Waals surface area contributed by atoms with Crippen LogP contribution in [0.25, 0.3) is 11.3 Å². The molecule has 0 aliphatic carbocycles. The molecule has 0 aliphatic heterocycles. The van der Waals surface area contributed by atoms with Gasteiger partial charge in [0.1, 0.15) is 5.38 Å².